The summed E-state index contributed by atoms with van der Waals surface area (Å²) in [6, 6.07) is 17.6. The molecular formula is C20H21ClN4O. The topological polar surface area (TPSA) is 59.1 Å². The minimum atomic E-state index is 0.592. The summed E-state index contributed by atoms with van der Waals surface area (Å²) >= 11 is 5.90. The lowest BCUT2D eigenvalue weighted by molar-refractivity contribution is 0.414. The van der Waals surface area contributed by atoms with Crippen LogP contribution in [0, 0.1) is 0 Å². The van der Waals surface area contributed by atoms with Gasteiger partial charge >= 0.3 is 0 Å². The van der Waals surface area contributed by atoms with Gasteiger partial charge in [-0.2, -0.15) is 4.98 Å². The number of methoxy groups -OCH3 is 1. The SMILES string of the molecule is COc1ccc(CCNc2ccnc(NCc3ccc(Cl)cc3)n2)cc1. The molecule has 2 aromatic carbocycles. The molecule has 26 heavy (non-hydrogen) atoms. The zero-order chi connectivity index (χ0) is 18.2. The number of hydrogen-bond acceptors (Lipinski definition) is 5. The van der Waals surface area contributed by atoms with Crippen LogP contribution in [-0.2, 0) is 13.0 Å². The summed E-state index contributed by atoms with van der Waals surface area (Å²) in [5, 5.41) is 7.28. The van der Waals surface area contributed by atoms with Crippen molar-refractivity contribution in [2.24, 2.45) is 0 Å². The molecule has 3 rings (SSSR count). The van der Waals surface area contributed by atoms with E-state index in [1.165, 1.54) is 5.56 Å². The number of aromatic nitrogens is 2. The molecule has 0 radical (unpaired) electrons. The van der Waals surface area contributed by atoms with Crippen LogP contribution in [-0.4, -0.2) is 23.6 Å². The van der Waals surface area contributed by atoms with Gasteiger partial charge in [0.25, 0.3) is 0 Å². The Morgan fingerprint density at radius 2 is 1.65 bits per heavy atom. The normalized spacial score (nSPS) is 10.4. The maximum Gasteiger partial charge on any atom is 0.224 e. The molecule has 0 aliphatic carbocycles. The van der Waals surface area contributed by atoms with Crippen molar-refractivity contribution in [2.75, 3.05) is 24.3 Å². The molecule has 5 nitrogen and oxygen atoms in total. The Morgan fingerprint density at radius 1 is 0.923 bits per heavy atom. The van der Waals surface area contributed by atoms with Crippen LogP contribution < -0.4 is 15.4 Å². The van der Waals surface area contributed by atoms with Crippen molar-refractivity contribution in [1.29, 1.82) is 0 Å². The Bertz CT molecular complexity index is 822. The molecule has 0 aliphatic rings. The van der Waals surface area contributed by atoms with Gasteiger partial charge in [-0.05, 0) is 47.9 Å². The Balaban J connectivity index is 1.49. The summed E-state index contributed by atoms with van der Waals surface area (Å²) in [6.45, 7) is 1.44. The van der Waals surface area contributed by atoms with Gasteiger partial charge in [-0.3, -0.25) is 0 Å². The average molecular weight is 369 g/mol. The maximum absolute atomic E-state index is 5.90. The van der Waals surface area contributed by atoms with Crippen LogP contribution in [0.4, 0.5) is 11.8 Å². The number of ether oxygens (including phenoxy) is 1. The third kappa shape index (κ3) is 5.36. The van der Waals surface area contributed by atoms with E-state index in [1.54, 1.807) is 13.3 Å². The molecule has 0 amide bonds. The smallest absolute Gasteiger partial charge is 0.224 e. The van der Waals surface area contributed by atoms with Crippen molar-refractivity contribution < 1.29 is 4.74 Å². The van der Waals surface area contributed by atoms with Gasteiger partial charge in [0, 0.05) is 24.3 Å². The molecule has 1 heterocycles. The van der Waals surface area contributed by atoms with Gasteiger partial charge in [0.2, 0.25) is 5.95 Å². The van der Waals surface area contributed by atoms with Crippen molar-refractivity contribution in [1.82, 2.24) is 9.97 Å². The standard InChI is InChI=1S/C20H21ClN4O/c1-26-18-8-4-15(5-9-18)10-12-22-19-11-13-23-20(25-19)24-14-16-2-6-17(21)7-3-16/h2-9,11,13H,10,12,14H2,1H3,(H2,22,23,24,25). The number of nitrogens with zero attached hydrogens (tertiary/aromatic N) is 2. The molecule has 2 N–H and O–H groups in total. The lowest BCUT2D eigenvalue weighted by Crippen LogP contribution is -2.09. The van der Waals surface area contributed by atoms with Crippen molar-refractivity contribution in [3.8, 4) is 5.75 Å². The highest BCUT2D eigenvalue weighted by Crippen LogP contribution is 2.13. The zero-order valence-corrected chi connectivity index (χ0v) is 15.3. The molecule has 134 valence electrons. The van der Waals surface area contributed by atoms with Crippen LogP contribution in [0.2, 0.25) is 5.02 Å². The highest BCUT2D eigenvalue weighted by atomic mass is 35.5. The summed E-state index contributed by atoms with van der Waals surface area (Å²) in [6.07, 6.45) is 2.65. The number of rotatable bonds is 8. The predicted molar refractivity (Wildman–Crippen MR) is 106 cm³/mol. The molecule has 3 aromatic rings. The fourth-order valence-corrected chi connectivity index (χ4v) is 2.58. The second kappa shape index (κ2) is 9.06. The van der Waals surface area contributed by atoms with Gasteiger partial charge in [-0.25, -0.2) is 4.98 Å². The quantitative estimate of drug-likeness (QED) is 0.617. The molecular weight excluding hydrogens is 348 g/mol. The zero-order valence-electron chi connectivity index (χ0n) is 14.6. The first-order chi connectivity index (χ1) is 12.7. The van der Waals surface area contributed by atoms with Crippen LogP contribution in [0.5, 0.6) is 5.75 Å². The number of hydrogen-bond donors (Lipinski definition) is 2. The Morgan fingerprint density at radius 3 is 2.38 bits per heavy atom. The summed E-state index contributed by atoms with van der Waals surface area (Å²) in [5.74, 6) is 2.26. The van der Waals surface area contributed by atoms with E-state index in [9.17, 15) is 0 Å². The van der Waals surface area contributed by atoms with E-state index in [4.69, 9.17) is 16.3 Å². The first-order valence-corrected chi connectivity index (χ1v) is 8.79. The number of benzene rings is 2. The first-order valence-electron chi connectivity index (χ1n) is 8.41. The Kier molecular flexibility index (Phi) is 6.28. The largest absolute Gasteiger partial charge is 0.497 e. The molecule has 0 saturated heterocycles. The summed E-state index contributed by atoms with van der Waals surface area (Å²) in [5.41, 5.74) is 2.37. The summed E-state index contributed by atoms with van der Waals surface area (Å²) < 4.78 is 5.17. The highest BCUT2D eigenvalue weighted by molar-refractivity contribution is 6.30. The van der Waals surface area contributed by atoms with E-state index in [0.717, 1.165) is 35.1 Å². The van der Waals surface area contributed by atoms with Gasteiger partial charge in [0.05, 0.1) is 7.11 Å². The third-order valence-electron chi connectivity index (χ3n) is 3.90. The van der Waals surface area contributed by atoms with Crippen LogP contribution in [0.1, 0.15) is 11.1 Å². The minimum Gasteiger partial charge on any atom is -0.497 e. The van der Waals surface area contributed by atoms with Crippen LogP contribution in [0.3, 0.4) is 0 Å². The number of halogens is 1. The van der Waals surface area contributed by atoms with Crippen LogP contribution in [0.25, 0.3) is 0 Å². The fourth-order valence-electron chi connectivity index (χ4n) is 2.45. The first kappa shape index (κ1) is 18.0. The molecule has 0 fully saturated rings. The molecule has 0 spiro atoms. The van der Waals surface area contributed by atoms with Gasteiger partial charge in [-0.1, -0.05) is 35.9 Å². The summed E-state index contributed by atoms with van der Waals surface area (Å²) in [4.78, 5) is 8.74. The maximum atomic E-state index is 5.90. The van der Waals surface area contributed by atoms with E-state index in [0.29, 0.717) is 12.5 Å². The Labute approximate surface area is 158 Å². The van der Waals surface area contributed by atoms with Crippen LogP contribution in [0.15, 0.2) is 60.8 Å². The van der Waals surface area contributed by atoms with Crippen molar-refractivity contribution in [3.05, 3.63) is 76.9 Å². The van der Waals surface area contributed by atoms with Gasteiger partial charge in [0.1, 0.15) is 11.6 Å². The monoisotopic (exact) mass is 368 g/mol. The second-order valence-electron chi connectivity index (χ2n) is 5.77. The minimum absolute atomic E-state index is 0.592. The summed E-state index contributed by atoms with van der Waals surface area (Å²) in [7, 11) is 1.67. The van der Waals surface area contributed by atoms with E-state index in [2.05, 4.69) is 32.7 Å². The van der Waals surface area contributed by atoms with E-state index in [1.807, 2.05) is 42.5 Å². The predicted octanol–water partition coefficient (Wildman–Crippen LogP) is 4.41. The number of anilines is 2. The van der Waals surface area contributed by atoms with Crippen molar-refractivity contribution >= 4 is 23.4 Å². The lowest BCUT2D eigenvalue weighted by Gasteiger charge is -2.09. The number of nitrogens with one attached hydrogen (secondary N) is 2. The third-order valence-corrected chi connectivity index (χ3v) is 4.15. The Hall–Kier alpha value is -2.79. The van der Waals surface area contributed by atoms with Crippen molar-refractivity contribution in [3.63, 3.8) is 0 Å². The fraction of sp³-hybridized carbons (Fsp3) is 0.200. The molecule has 0 aliphatic heterocycles. The average Bonchev–Trinajstić information content (AvgIpc) is 2.68. The highest BCUT2D eigenvalue weighted by Gasteiger charge is 2.01. The van der Waals surface area contributed by atoms with Gasteiger partial charge in [-0.15, -0.1) is 0 Å². The molecule has 0 unspecified atom stereocenters. The molecule has 6 heteroatoms. The molecule has 0 bridgehead atoms. The molecule has 0 atom stereocenters. The van der Waals surface area contributed by atoms with Gasteiger partial charge in [0.15, 0.2) is 0 Å². The van der Waals surface area contributed by atoms with E-state index < -0.39 is 0 Å². The molecule has 1 aromatic heterocycles. The van der Waals surface area contributed by atoms with E-state index >= 15 is 0 Å². The molecule has 0 saturated carbocycles. The lowest BCUT2D eigenvalue weighted by atomic mass is 10.1. The van der Waals surface area contributed by atoms with Gasteiger partial charge < -0.3 is 15.4 Å². The van der Waals surface area contributed by atoms with Crippen molar-refractivity contribution in [2.45, 2.75) is 13.0 Å². The van der Waals surface area contributed by atoms with Crippen LogP contribution >= 0.6 is 11.6 Å². The van der Waals surface area contributed by atoms with E-state index in [-0.39, 0.29) is 0 Å². The second-order valence-corrected chi connectivity index (χ2v) is 6.21.